The number of rotatable bonds is 4. The summed E-state index contributed by atoms with van der Waals surface area (Å²) in [5.41, 5.74) is -0.889. The molecule has 0 aromatic carbocycles. The van der Waals surface area contributed by atoms with Crippen LogP contribution in [0.1, 0.15) is 62.2 Å². The van der Waals surface area contributed by atoms with Crippen LogP contribution in [0.25, 0.3) is 0 Å². The number of hydrogen-bond acceptors (Lipinski definition) is 4. The Morgan fingerprint density at radius 3 is 2.83 bits per heavy atom. The normalized spacial score (nSPS) is 28.4. The lowest BCUT2D eigenvalue weighted by atomic mass is 9.85. The Bertz CT molecular complexity index is 575. The number of alkyl halides is 3. The maximum atomic E-state index is 12.7. The number of carbonyl (C=O) groups excluding carboxylic acids is 1. The Labute approximate surface area is 143 Å². The lowest BCUT2D eigenvalue weighted by molar-refractivity contribution is -0.140. The first kappa shape index (κ1) is 17.7. The molecule has 134 valence electrons. The maximum Gasteiger partial charge on any atom is 0.434 e. The van der Waals surface area contributed by atoms with Gasteiger partial charge in [0.05, 0.1) is 12.1 Å². The van der Waals surface area contributed by atoms with E-state index in [4.69, 9.17) is 0 Å². The van der Waals surface area contributed by atoms with E-state index in [-0.39, 0.29) is 11.9 Å². The summed E-state index contributed by atoms with van der Waals surface area (Å²) >= 11 is 0.947. The van der Waals surface area contributed by atoms with Crippen molar-refractivity contribution in [3.8, 4) is 0 Å². The topological polar surface area (TPSA) is 54.0 Å². The first-order valence-electron chi connectivity index (χ1n) is 8.47. The summed E-state index contributed by atoms with van der Waals surface area (Å²) in [6, 6.07) is -0.302. The van der Waals surface area contributed by atoms with Gasteiger partial charge in [0.25, 0.3) is 0 Å². The fourth-order valence-corrected chi connectivity index (χ4v) is 4.67. The number of nitrogens with zero attached hydrogens (tertiary/aromatic N) is 1. The van der Waals surface area contributed by atoms with Crippen LogP contribution in [0.3, 0.4) is 0 Å². The summed E-state index contributed by atoms with van der Waals surface area (Å²) in [7, 11) is 0. The van der Waals surface area contributed by atoms with Gasteiger partial charge >= 0.3 is 6.18 Å². The van der Waals surface area contributed by atoms with Crippen LogP contribution >= 0.6 is 11.3 Å². The van der Waals surface area contributed by atoms with Crippen molar-refractivity contribution >= 4 is 17.2 Å². The van der Waals surface area contributed by atoms with E-state index in [2.05, 4.69) is 15.6 Å². The average Bonchev–Trinajstić information content (AvgIpc) is 3.18. The van der Waals surface area contributed by atoms with Gasteiger partial charge in [-0.2, -0.15) is 13.2 Å². The molecule has 0 bridgehead atoms. The molecule has 1 saturated heterocycles. The Kier molecular flexibility index (Phi) is 5.15. The number of aromatic nitrogens is 1. The summed E-state index contributed by atoms with van der Waals surface area (Å²) in [6.07, 6.45) is 1.55. The second-order valence-corrected chi connectivity index (χ2v) is 7.53. The molecule has 2 N–H and O–H groups in total. The predicted molar refractivity (Wildman–Crippen MR) is 85.6 cm³/mol. The molecule has 0 radical (unpaired) electrons. The summed E-state index contributed by atoms with van der Waals surface area (Å²) in [5.74, 6) is 0.422. The highest BCUT2D eigenvalue weighted by atomic mass is 32.1. The maximum absolute atomic E-state index is 12.7. The number of halogens is 3. The third-order valence-corrected chi connectivity index (χ3v) is 5.97. The monoisotopic (exact) mass is 361 g/mol. The van der Waals surface area contributed by atoms with E-state index in [0.29, 0.717) is 23.4 Å². The number of carbonyl (C=O) groups is 1. The molecular weight excluding hydrogens is 339 g/mol. The van der Waals surface area contributed by atoms with Gasteiger partial charge in [0.15, 0.2) is 5.69 Å². The number of fused-ring (bicyclic) bond motifs is 1. The van der Waals surface area contributed by atoms with E-state index in [0.717, 1.165) is 36.0 Å². The van der Waals surface area contributed by atoms with Crippen molar-refractivity contribution in [1.82, 2.24) is 15.6 Å². The molecule has 4 nitrogen and oxygen atoms in total. The van der Waals surface area contributed by atoms with Crippen molar-refractivity contribution in [2.24, 2.45) is 5.92 Å². The lowest BCUT2D eigenvalue weighted by Crippen LogP contribution is -2.44. The minimum Gasteiger partial charge on any atom is -0.346 e. The highest BCUT2D eigenvalue weighted by molar-refractivity contribution is 7.09. The number of hydrogen-bond donors (Lipinski definition) is 2. The number of nitrogens with one attached hydrogen (secondary N) is 2. The van der Waals surface area contributed by atoms with E-state index in [1.165, 1.54) is 12.8 Å². The molecular formula is C16H22F3N3OS. The van der Waals surface area contributed by atoms with E-state index in [1.807, 2.05) is 6.92 Å². The van der Waals surface area contributed by atoms with Gasteiger partial charge in [0, 0.05) is 11.4 Å². The smallest absolute Gasteiger partial charge is 0.346 e. The summed E-state index contributed by atoms with van der Waals surface area (Å²) in [5, 5.41) is 7.59. The van der Waals surface area contributed by atoms with Crippen molar-refractivity contribution in [2.45, 2.75) is 69.8 Å². The summed E-state index contributed by atoms with van der Waals surface area (Å²) < 4.78 is 38.1. The van der Waals surface area contributed by atoms with Crippen molar-refractivity contribution in [3.63, 3.8) is 0 Å². The fourth-order valence-electron chi connectivity index (χ4n) is 3.71. The van der Waals surface area contributed by atoms with Crippen LogP contribution in [0, 0.1) is 5.92 Å². The molecule has 1 amide bonds. The molecule has 1 aliphatic carbocycles. The fraction of sp³-hybridized carbons (Fsp3) is 0.750. The molecule has 4 atom stereocenters. The molecule has 8 heteroatoms. The van der Waals surface area contributed by atoms with Gasteiger partial charge in [0.1, 0.15) is 5.01 Å². The second kappa shape index (κ2) is 7.00. The van der Waals surface area contributed by atoms with Crippen LogP contribution in [-0.2, 0) is 11.0 Å². The SMILES string of the molecule is CCC(NC(=O)C1CC2CCCCC2N1)c1nc(C(F)(F)F)cs1. The molecule has 2 aliphatic rings. The van der Waals surface area contributed by atoms with E-state index in [9.17, 15) is 18.0 Å². The van der Waals surface area contributed by atoms with Gasteiger partial charge < -0.3 is 10.6 Å². The number of thiazole rings is 1. The molecule has 1 aromatic heterocycles. The van der Waals surface area contributed by atoms with Gasteiger partial charge in [-0.3, -0.25) is 4.79 Å². The first-order chi connectivity index (χ1) is 11.4. The second-order valence-electron chi connectivity index (χ2n) is 6.64. The standard InChI is InChI=1S/C16H22F3N3OS/c1-2-10(15-22-13(8-24-15)16(17,18)19)21-14(23)12-7-9-5-3-4-6-11(9)20-12/h8-12,20H,2-7H2,1H3,(H,21,23). The third kappa shape index (κ3) is 3.74. The molecule has 2 heterocycles. The Morgan fingerprint density at radius 2 is 2.21 bits per heavy atom. The Hall–Kier alpha value is -1.15. The molecule has 1 saturated carbocycles. The van der Waals surface area contributed by atoms with Gasteiger partial charge in [-0.05, 0) is 31.6 Å². The minimum absolute atomic E-state index is 0.125. The van der Waals surface area contributed by atoms with Crippen LogP contribution in [0.5, 0.6) is 0 Å². The Balaban J connectivity index is 1.63. The predicted octanol–water partition coefficient (Wildman–Crippen LogP) is 3.65. The molecule has 0 spiro atoms. The zero-order valence-electron chi connectivity index (χ0n) is 13.5. The molecule has 1 aromatic rings. The molecule has 2 fully saturated rings. The molecule has 4 unspecified atom stereocenters. The summed E-state index contributed by atoms with van der Waals surface area (Å²) in [4.78, 5) is 16.2. The first-order valence-corrected chi connectivity index (χ1v) is 9.35. The van der Waals surface area contributed by atoms with Crippen LogP contribution in [0.4, 0.5) is 13.2 Å². The molecule has 3 rings (SSSR count). The van der Waals surface area contributed by atoms with Gasteiger partial charge in [0.2, 0.25) is 5.91 Å². The zero-order chi connectivity index (χ0) is 17.3. The van der Waals surface area contributed by atoms with Crippen molar-refractivity contribution in [2.75, 3.05) is 0 Å². The van der Waals surface area contributed by atoms with Crippen molar-refractivity contribution in [1.29, 1.82) is 0 Å². The van der Waals surface area contributed by atoms with E-state index >= 15 is 0 Å². The largest absolute Gasteiger partial charge is 0.434 e. The van der Waals surface area contributed by atoms with Gasteiger partial charge in [-0.15, -0.1) is 11.3 Å². The van der Waals surface area contributed by atoms with Crippen LogP contribution in [0.2, 0.25) is 0 Å². The number of amides is 1. The van der Waals surface area contributed by atoms with E-state index < -0.39 is 17.9 Å². The van der Waals surface area contributed by atoms with Crippen molar-refractivity contribution < 1.29 is 18.0 Å². The zero-order valence-corrected chi connectivity index (χ0v) is 14.3. The lowest BCUT2D eigenvalue weighted by Gasteiger charge is -2.24. The van der Waals surface area contributed by atoms with Gasteiger partial charge in [-0.25, -0.2) is 4.98 Å². The quantitative estimate of drug-likeness (QED) is 0.861. The Morgan fingerprint density at radius 1 is 1.46 bits per heavy atom. The van der Waals surface area contributed by atoms with Crippen LogP contribution < -0.4 is 10.6 Å². The highest BCUT2D eigenvalue weighted by Gasteiger charge is 2.39. The molecule has 24 heavy (non-hydrogen) atoms. The third-order valence-electron chi connectivity index (χ3n) is 5.01. The average molecular weight is 361 g/mol. The van der Waals surface area contributed by atoms with Crippen LogP contribution in [-0.4, -0.2) is 23.0 Å². The molecule has 1 aliphatic heterocycles. The van der Waals surface area contributed by atoms with E-state index in [1.54, 1.807) is 0 Å². The highest BCUT2D eigenvalue weighted by Crippen LogP contribution is 2.34. The van der Waals surface area contributed by atoms with Crippen molar-refractivity contribution in [3.05, 3.63) is 16.1 Å². The van der Waals surface area contributed by atoms with Crippen LogP contribution in [0.15, 0.2) is 5.38 Å². The summed E-state index contributed by atoms with van der Waals surface area (Å²) in [6.45, 7) is 1.83. The minimum atomic E-state index is -4.44. The van der Waals surface area contributed by atoms with Gasteiger partial charge in [-0.1, -0.05) is 19.8 Å².